The van der Waals surface area contributed by atoms with Crippen LogP contribution in [0.25, 0.3) is 0 Å². The van der Waals surface area contributed by atoms with Crippen LogP contribution in [0.5, 0.6) is 23.0 Å². The van der Waals surface area contributed by atoms with Gasteiger partial charge < -0.3 is 18.9 Å². The van der Waals surface area contributed by atoms with Crippen LogP contribution in [0.1, 0.15) is 12.0 Å². The lowest BCUT2D eigenvalue weighted by Gasteiger charge is -2.14. The van der Waals surface area contributed by atoms with Gasteiger partial charge in [0.15, 0.2) is 11.5 Å². The van der Waals surface area contributed by atoms with Gasteiger partial charge >= 0.3 is 5.97 Å². The van der Waals surface area contributed by atoms with Gasteiger partial charge in [-0.15, -0.1) is 0 Å². The minimum absolute atomic E-state index is 0.0847. The highest BCUT2D eigenvalue weighted by Gasteiger charge is 2.15. The van der Waals surface area contributed by atoms with Gasteiger partial charge in [-0.3, -0.25) is 14.9 Å². The SMILES string of the molecule is COc1cc(CCC(=O)Oc2cccc([N+](=O)[O-])c2)cc(OC)c1OC. The molecule has 0 amide bonds. The molecule has 26 heavy (non-hydrogen) atoms. The first-order valence-corrected chi connectivity index (χ1v) is 7.72. The third-order valence-corrected chi connectivity index (χ3v) is 3.60. The van der Waals surface area contributed by atoms with Gasteiger partial charge in [0, 0.05) is 12.5 Å². The van der Waals surface area contributed by atoms with Crippen molar-refractivity contribution >= 4 is 11.7 Å². The Morgan fingerprint density at radius 1 is 1.04 bits per heavy atom. The summed E-state index contributed by atoms with van der Waals surface area (Å²) in [6.45, 7) is 0. The lowest BCUT2D eigenvalue weighted by atomic mass is 10.1. The van der Waals surface area contributed by atoms with E-state index in [-0.39, 0.29) is 17.9 Å². The van der Waals surface area contributed by atoms with E-state index in [0.29, 0.717) is 23.7 Å². The van der Waals surface area contributed by atoms with Crippen molar-refractivity contribution in [3.63, 3.8) is 0 Å². The van der Waals surface area contributed by atoms with Crippen LogP contribution >= 0.6 is 0 Å². The molecule has 0 fully saturated rings. The Kier molecular flexibility index (Phi) is 6.37. The molecule has 0 atom stereocenters. The third-order valence-electron chi connectivity index (χ3n) is 3.60. The number of ether oxygens (including phenoxy) is 4. The Balaban J connectivity index is 2.05. The normalized spacial score (nSPS) is 10.1. The molecular weight excluding hydrogens is 342 g/mol. The second-order valence-corrected chi connectivity index (χ2v) is 5.26. The Labute approximate surface area is 150 Å². The molecule has 138 valence electrons. The molecule has 2 rings (SSSR count). The van der Waals surface area contributed by atoms with Crippen LogP contribution in [0.15, 0.2) is 36.4 Å². The molecule has 0 spiro atoms. The molecule has 0 saturated carbocycles. The van der Waals surface area contributed by atoms with Crippen molar-refractivity contribution in [3.05, 3.63) is 52.1 Å². The summed E-state index contributed by atoms with van der Waals surface area (Å²) in [7, 11) is 4.53. The van der Waals surface area contributed by atoms with Crippen molar-refractivity contribution in [3.8, 4) is 23.0 Å². The summed E-state index contributed by atoms with van der Waals surface area (Å²) < 4.78 is 21.0. The van der Waals surface area contributed by atoms with Gasteiger partial charge in [-0.2, -0.15) is 0 Å². The number of esters is 1. The van der Waals surface area contributed by atoms with Crippen molar-refractivity contribution in [2.45, 2.75) is 12.8 Å². The van der Waals surface area contributed by atoms with Crippen LogP contribution in [0, 0.1) is 10.1 Å². The molecule has 2 aromatic carbocycles. The van der Waals surface area contributed by atoms with E-state index in [2.05, 4.69) is 0 Å². The highest BCUT2D eigenvalue weighted by atomic mass is 16.6. The zero-order valence-corrected chi connectivity index (χ0v) is 14.7. The summed E-state index contributed by atoms with van der Waals surface area (Å²) in [4.78, 5) is 22.2. The number of hydrogen-bond donors (Lipinski definition) is 0. The highest BCUT2D eigenvalue weighted by Crippen LogP contribution is 2.38. The second kappa shape index (κ2) is 8.70. The van der Waals surface area contributed by atoms with Crippen molar-refractivity contribution in [1.29, 1.82) is 0 Å². The standard InChI is InChI=1S/C18H19NO7/c1-23-15-9-12(10-16(24-2)18(15)25-3)7-8-17(20)26-14-6-4-5-13(11-14)19(21)22/h4-6,9-11H,7-8H2,1-3H3. The lowest BCUT2D eigenvalue weighted by Crippen LogP contribution is -2.09. The van der Waals surface area contributed by atoms with Crippen molar-refractivity contribution in [1.82, 2.24) is 0 Å². The number of nitro benzene ring substituents is 1. The Bertz CT molecular complexity index is 779. The fourth-order valence-corrected chi connectivity index (χ4v) is 2.37. The fourth-order valence-electron chi connectivity index (χ4n) is 2.37. The van der Waals surface area contributed by atoms with Crippen LogP contribution < -0.4 is 18.9 Å². The molecule has 0 radical (unpaired) electrons. The number of non-ortho nitro benzene ring substituents is 1. The van der Waals surface area contributed by atoms with E-state index in [4.69, 9.17) is 18.9 Å². The molecule has 0 saturated heterocycles. The molecule has 8 heteroatoms. The largest absolute Gasteiger partial charge is 0.493 e. The molecule has 0 aliphatic rings. The first-order chi connectivity index (χ1) is 12.5. The number of nitrogens with zero attached hydrogens (tertiary/aromatic N) is 1. The van der Waals surface area contributed by atoms with E-state index in [1.807, 2.05) is 0 Å². The van der Waals surface area contributed by atoms with Crippen LogP contribution in [-0.2, 0) is 11.2 Å². The van der Waals surface area contributed by atoms with Crippen LogP contribution in [0.4, 0.5) is 5.69 Å². The van der Waals surface area contributed by atoms with Crippen LogP contribution in [0.3, 0.4) is 0 Å². The van der Waals surface area contributed by atoms with Gasteiger partial charge in [-0.25, -0.2) is 0 Å². The maximum absolute atomic E-state index is 12.0. The number of rotatable bonds is 8. The fraction of sp³-hybridized carbons (Fsp3) is 0.278. The number of carbonyl (C=O) groups is 1. The molecule has 0 unspecified atom stereocenters. The maximum Gasteiger partial charge on any atom is 0.311 e. The summed E-state index contributed by atoms with van der Waals surface area (Å²) in [6.07, 6.45) is 0.464. The predicted molar refractivity (Wildman–Crippen MR) is 93.2 cm³/mol. The Hall–Kier alpha value is -3.29. The van der Waals surface area contributed by atoms with Crippen LogP contribution in [-0.4, -0.2) is 32.2 Å². The van der Waals surface area contributed by atoms with E-state index in [0.717, 1.165) is 5.56 Å². The molecule has 0 heterocycles. The monoisotopic (exact) mass is 361 g/mol. The number of hydrogen-bond acceptors (Lipinski definition) is 7. The molecule has 0 aliphatic heterocycles. The minimum Gasteiger partial charge on any atom is -0.493 e. The summed E-state index contributed by atoms with van der Waals surface area (Å²) in [5.74, 6) is 1.09. The highest BCUT2D eigenvalue weighted by molar-refractivity contribution is 5.73. The zero-order valence-electron chi connectivity index (χ0n) is 14.7. The van der Waals surface area contributed by atoms with Gasteiger partial charge in [0.05, 0.1) is 32.3 Å². The molecular formula is C18H19NO7. The topological polar surface area (TPSA) is 97.1 Å². The average Bonchev–Trinajstić information content (AvgIpc) is 2.65. The molecule has 2 aromatic rings. The summed E-state index contributed by atoms with van der Waals surface area (Å²) in [5.41, 5.74) is 0.662. The molecule has 0 aromatic heterocycles. The molecule has 0 aliphatic carbocycles. The van der Waals surface area contributed by atoms with Crippen molar-refractivity contribution in [2.24, 2.45) is 0 Å². The summed E-state index contributed by atoms with van der Waals surface area (Å²) in [6, 6.07) is 8.98. The van der Waals surface area contributed by atoms with Crippen molar-refractivity contribution in [2.75, 3.05) is 21.3 Å². The van der Waals surface area contributed by atoms with Gasteiger partial charge in [-0.05, 0) is 30.2 Å². The predicted octanol–water partition coefficient (Wildman–Crippen LogP) is 3.16. The Morgan fingerprint density at radius 2 is 1.69 bits per heavy atom. The average molecular weight is 361 g/mol. The smallest absolute Gasteiger partial charge is 0.311 e. The van der Waals surface area contributed by atoms with Crippen molar-refractivity contribution < 1.29 is 28.7 Å². The number of benzene rings is 2. The number of nitro groups is 1. The molecule has 0 N–H and O–H groups in total. The maximum atomic E-state index is 12.0. The zero-order chi connectivity index (χ0) is 19.1. The van der Waals surface area contributed by atoms with E-state index < -0.39 is 10.9 Å². The van der Waals surface area contributed by atoms with E-state index in [9.17, 15) is 14.9 Å². The summed E-state index contributed by atoms with van der Waals surface area (Å²) in [5, 5.41) is 10.8. The van der Waals surface area contributed by atoms with Gasteiger partial charge in [0.1, 0.15) is 5.75 Å². The van der Waals surface area contributed by atoms with E-state index in [1.54, 1.807) is 12.1 Å². The first kappa shape index (κ1) is 19.0. The minimum atomic E-state index is -0.548. The van der Waals surface area contributed by atoms with Crippen LogP contribution in [0.2, 0.25) is 0 Å². The quantitative estimate of drug-likeness (QED) is 0.308. The second-order valence-electron chi connectivity index (χ2n) is 5.26. The van der Waals surface area contributed by atoms with Gasteiger partial charge in [0.2, 0.25) is 5.75 Å². The summed E-state index contributed by atoms with van der Waals surface area (Å²) >= 11 is 0. The number of aryl methyl sites for hydroxylation is 1. The lowest BCUT2D eigenvalue weighted by molar-refractivity contribution is -0.384. The van der Waals surface area contributed by atoms with E-state index >= 15 is 0 Å². The third kappa shape index (κ3) is 4.62. The van der Waals surface area contributed by atoms with Gasteiger partial charge in [0.25, 0.3) is 5.69 Å². The van der Waals surface area contributed by atoms with Gasteiger partial charge in [-0.1, -0.05) is 6.07 Å². The number of methoxy groups -OCH3 is 3. The number of carbonyl (C=O) groups excluding carboxylic acids is 1. The molecule has 8 nitrogen and oxygen atoms in total. The first-order valence-electron chi connectivity index (χ1n) is 7.72. The Morgan fingerprint density at radius 3 is 2.23 bits per heavy atom. The van der Waals surface area contributed by atoms with E-state index in [1.165, 1.54) is 45.6 Å². The molecule has 0 bridgehead atoms.